The van der Waals surface area contributed by atoms with E-state index in [2.05, 4.69) is 0 Å². The Hall–Kier alpha value is -1.03. The monoisotopic (exact) mass is 213 g/mol. The number of ether oxygens (including phenoxy) is 1. The first-order valence-corrected chi connectivity index (χ1v) is 5.12. The van der Waals surface area contributed by atoms with Crippen molar-refractivity contribution in [1.29, 1.82) is 0 Å². The molecule has 86 valence electrons. The molecule has 1 amide bonds. The van der Waals surface area contributed by atoms with Crippen LogP contribution >= 0.6 is 0 Å². The van der Waals surface area contributed by atoms with Crippen LogP contribution < -0.4 is 0 Å². The van der Waals surface area contributed by atoms with Crippen LogP contribution in [0.3, 0.4) is 0 Å². The lowest BCUT2D eigenvalue weighted by Gasteiger charge is -2.31. The first kappa shape index (κ1) is 12.0. The summed E-state index contributed by atoms with van der Waals surface area (Å²) in [5.74, 6) is 0. The molecule has 15 heavy (non-hydrogen) atoms. The topological polar surface area (TPSA) is 38.8 Å². The van der Waals surface area contributed by atoms with E-state index in [9.17, 15) is 4.79 Å². The van der Waals surface area contributed by atoms with Crippen molar-refractivity contribution in [3.8, 4) is 0 Å². The summed E-state index contributed by atoms with van der Waals surface area (Å²) in [6.07, 6.45) is 1.48. The molecule has 0 aromatic carbocycles. The van der Waals surface area contributed by atoms with Gasteiger partial charge in [-0.1, -0.05) is 11.6 Å². The maximum absolute atomic E-state index is 11.7. The number of hydrogen-bond donors (Lipinski definition) is 0. The van der Waals surface area contributed by atoms with Crippen molar-refractivity contribution in [3.05, 3.63) is 11.6 Å². The molecule has 1 aliphatic rings. The summed E-state index contributed by atoms with van der Waals surface area (Å²) in [7, 11) is 0. The number of nitrogens with zero attached hydrogens (tertiary/aromatic N) is 1. The lowest BCUT2D eigenvalue weighted by molar-refractivity contribution is -0.166. The van der Waals surface area contributed by atoms with Gasteiger partial charge in [-0.25, -0.2) is 4.79 Å². The molecule has 4 heteroatoms. The summed E-state index contributed by atoms with van der Waals surface area (Å²) in [5.41, 5.74) is 0.623. The minimum Gasteiger partial charge on any atom is -0.442 e. The molecular formula is C11H19NO3. The minimum absolute atomic E-state index is 0.0775. The van der Waals surface area contributed by atoms with E-state index in [0.717, 1.165) is 5.57 Å². The molecule has 0 saturated carbocycles. The molecule has 1 atom stereocenters. The first-order chi connectivity index (χ1) is 6.78. The molecule has 4 nitrogen and oxygen atoms in total. The number of rotatable bonds is 0. The third-order valence-electron chi connectivity index (χ3n) is 1.80. The Kier molecular flexibility index (Phi) is 3.39. The Morgan fingerprint density at radius 2 is 2.20 bits per heavy atom. The number of hydrogen-bond acceptors (Lipinski definition) is 3. The van der Waals surface area contributed by atoms with E-state index in [1.807, 2.05) is 40.7 Å². The van der Waals surface area contributed by atoms with Crippen LogP contribution in [-0.4, -0.2) is 29.4 Å². The molecular weight excluding hydrogens is 194 g/mol. The number of carbonyl (C=O) groups excluding carboxylic acids is 1. The van der Waals surface area contributed by atoms with Crippen molar-refractivity contribution >= 4 is 6.09 Å². The molecule has 0 aliphatic carbocycles. The number of amides is 1. The largest absolute Gasteiger partial charge is 0.442 e. The second kappa shape index (κ2) is 4.23. The Morgan fingerprint density at radius 1 is 1.60 bits per heavy atom. The molecule has 1 unspecified atom stereocenters. The third-order valence-corrected chi connectivity index (χ3v) is 1.80. The van der Waals surface area contributed by atoms with Gasteiger partial charge in [-0.15, -0.1) is 0 Å². The Bertz CT molecular complexity index is 278. The average Bonchev–Trinajstić information content (AvgIpc) is 1.98. The van der Waals surface area contributed by atoms with Gasteiger partial charge in [-0.05, 0) is 34.6 Å². The summed E-state index contributed by atoms with van der Waals surface area (Å²) in [6.45, 7) is 9.83. The van der Waals surface area contributed by atoms with Crippen molar-refractivity contribution in [2.45, 2.75) is 46.3 Å². The van der Waals surface area contributed by atoms with Gasteiger partial charge < -0.3 is 4.74 Å². The average molecular weight is 213 g/mol. The highest BCUT2D eigenvalue weighted by Crippen LogP contribution is 2.16. The van der Waals surface area contributed by atoms with E-state index in [0.29, 0.717) is 6.54 Å². The SMILES string of the molecule is CC1=CC(C)ON(C(=O)OC(C)(C)C)C1. The predicted molar refractivity (Wildman–Crippen MR) is 57.2 cm³/mol. The van der Waals surface area contributed by atoms with Crippen LogP contribution in [0, 0.1) is 0 Å². The van der Waals surface area contributed by atoms with Crippen molar-refractivity contribution in [3.63, 3.8) is 0 Å². The van der Waals surface area contributed by atoms with E-state index >= 15 is 0 Å². The van der Waals surface area contributed by atoms with Crippen molar-refractivity contribution in [2.75, 3.05) is 6.54 Å². The molecule has 1 heterocycles. The van der Waals surface area contributed by atoms with Crippen LogP contribution in [0.1, 0.15) is 34.6 Å². The number of hydroxylamine groups is 2. The fourth-order valence-corrected chi connectivity index (χ4v) is 1.37. The lowest BCUT2D eigenvalue weighted by Crippen LogP contribution is -2.41. The fourth-order valence-electron chi connectivity index (χ4n) is 1.37. The van der Waals surface area contributed by atoms with Gasteiger partial charge >= 0.3 is 6.09 Å². The second-order valence-corrected chi connectivity index (χ2v) is 4.84. The van der Waals surface area contributed by atoms with Gasteiger partial charge in [0.25, 0.3) is 0 Å². The van der Waals surface area contributed by atoms with Gasteiger partial charge in [-0.3, -0.25) is 4.84 Å². The number of carbonyl (C=O) groups is 1. The van der Waals surface area contributed by atoms with Gasteiger partial charge in [-0.2, -0.15) is 5.06 Å². The Balaban J connectivity index is 2.59. The van der Waals surface area contributed by atoms with E-state index in [1.165, 1.54) is 5.06 Å². The third kappa shape index (κ3) is 3.91. The van der Waals surface area contributed by atoms with Gasteiger partial charge in [0, 0.05) is 0 Å². The highest BCUT2D eigenvalue weighted by atomic mass is 16.7. The Labute approximate surface area is 90.8 Å². The van der Waals surface area contributed by atoms with Gasteiger partial charge in [0.1, 0.15) is 11.7 Å². The van der Waals surface area contributed by atoms with E-state index < -0.39 is 11.7 Å². The van der Waals surface area contributed by atoms with Crippen molar-refractivity contribution in [1.82, 2.24) is 5.06 Å². The van der Waals surface area contributed by atoms with Crippen LogP contribution in [0.2, 0.25) is 0 Å². The molecule has 0 aromatic heterocycles. The van der Waals surface area contributed by atoms with E-state index in [4.69, 9.17) is 9.57 Å². The Morgan fingerprint density at radius 3 is 2.67 bits per heavy atom. The molecule has 1 rings (SSSR count). The summed E-state index contributed by atoms with van der Waals surface area (Å²) in [5, 5.41) is 1.27. The minimum atomic E-state index is -0.487. The normalized spacial score (nSPS) is 22.3. The fraction of sp³-hybridized carbons (Fsp3) is 0.727. The van der Waals surface area contributed by atoms with Crippen LogP contribution in [0.25, 0.3) is 0 Å². The summed E-state index contributed by atoms with van der Waals surface area (Å²) in [4.78, 5) is 17.0. The molecule has 0 saturated heterocycles. The van der Waals surface area contributed by atoms with E-state index in [1.54, 1.807) is 0 Å². The zero-order valence-corrected chi connectivity index (χ0v) is 10.0. The zero-order chi connectivity index (χ0) is 11.6. The highest BCUT2D eigenvalue weighted by Gasteiger charge is 2.26. The predicted octanol–water partition coefficient (Wildman–Crippen LogP) is 2.50. The maximum atomic E-state index is 11.7. The van der Waals surface area contributed by atoms with E-state index in [-0.39, 0.29) is 6.10 Å². The zero-order valence-electron chi connectivity index (χ0n) is 10.0. The van der Waals surface area contributed by atoms with Crippen LogP contribution in [0.5, 0.6) is 0 Å². The molecule has 0 spiro atoms. The van der Waals surface area contributed by atoms with Crippen molar-refractivity contribution in [2.24, 2.45) is 0 Å². The summed E-state index contributed by atoms with van der Waals surface area (Å²) < 4.78 is 5.21. The van der Waals surface area contributed by atoms with Crippen LogP contribution in [-0.2, 0) is 9.57 Å². The van der Waals surface area contributed by atoms with Gasteiger partial charge in [0.2, 0.25) is 0 Å². The lowest BCUT2D eigenvalue weighted by atomic mass is 10.2. The van der Waals surface area contributed by atoms with Gasteiger partial charge in [0.15, 0.2) is 0 Å². The van der Waals surface area contributed by atoms with Crippen LogP contribution in [0.15, 0.2) is 11.6 Å². The molecule has 1 aliphatic heterocycles. The molecule has 0 aromatic rings. The van der Waals surface area contributed by atoms with Gasteiger partial charge in [0.05, 0.1) is 6.54 Å². The maximum Gasteiger partial charge on any atom is 0.434 e. The summed E-state index contributed by atoms with van der Waals surface area (Å²) in [6, 6.07) is 0. The first-order valence-electron chi connectivity index (χ1n) is 5.12. The molecule has 0 radical (unpaired) electrons. The standard InChI is InChI=1S/C11H19NO3/c1-8-6-9(2)15-12(7-8)10(13)14-11(3,4)5/h6,9H,7H2,1-5H3. The van der Waals surface area contributed by atoms with Crippen molar-refractivity contribution < 1.29 is 14.4 Å². The molecule has 0 fully saturated rings. The van der Waals surface area contributed by atoms with Crippen LogP contribution in [0.4, 0.5) is 4.79 Å². The molecule has 0 bridgehead atoms. The summed E-state index contributed by atoms with van der Waals surface area (Å²) >= 11 is 0. The molecule has 0 N–H and O–H groups in total. The highest BCUT2D eigenvalue weighted by molar-refractivity contribution is 5.67. The smallest absolute Gasteiger partial charge is 0.434 e. The quantitative estimate of drug-likeness (QED) is 0.580. The second-order valence-electron chi connectivity index (χ2n) is 4.84.